The molecule has 4 N–H and O–H groups in total. The van der Waals surface area contributed by atoms with Gasteiger partial charge in [-0.2, -0.15) is 0 Å². The third kappa shape index (κ3) is 4.03. The minimum Gasteiger partial charge on any atom is -0.478 e. The number of hydrogen-bond acceptors (Lipinski definition) is 8. The van der Waals surface area contributed by atoms with Gasteiger partial charge in [-0.25, -0.2) is 9.59 Å². The lowest BCUT2D eigenvalue weighted by Gasteiger charge is -2.13. The van der Waals surface area contributed by atoms with Gasteiger partial charge in [0.2, 0.25) is 5.84 Å². The maximum absolute atomic E-state index is 11.9. The van der Waals surface area contributed by atoms with E-state index in [0.29, 0.717) is 5.56 Å². The summed E-state index contributed by atoms with van der Waals surface area (Å²) in [4.78, 5) is 33.8. The van der Waals surface area contributed by atoms with Crippen molar-refractivity contribution in [1.29, 1.82) is 0 Å². The van der Waals surface area contributed by atoms with E-state index in [1.54, 1.807) is 12.1 Å². The molecule has 0 spiro atoms. The first-order chi connectivity index (χ1) is 11.0. The Morgan fingerprint density at radius 3 is 2.26 bits per heavy atom. The van der Waals surface area contributed by atoms with Gasteiger partial charge in [-0.15, -0.1) is 10.2 Å². The summed E-state index contributed by atoms with van der Waals surface area (Å²) in [6, 6.07) is 6.06. The zero-order valence-corrected chi connectivity index (χ0v) is 12.0. The fourth-order valence-corrected chi connectivity index (χ4v) is 1.59. The van der Waals surface area contributed by atoms with Gasteiger partial charge in [0.15, 0.2) is 0 Å². The summed E-state index contributed by atoms with van der Waals surface area (Å²) < 4.78 is 4.43. The molecule has 0 saturated carbocycles. The summed E-state index contributed by atoms with van der Waals surface area (Å²) in [6.45, 7) is 0.174. The Balaban J connectivity index is 1.87. The third-order valence-corrected chi connectivity index (χ3v) is 2.79. The van der Waals surface area contributed by atoms with Crippen LogP contribution >= 0.6 is 0 Å². The second-order valence-electron chi connectivity index (χ2n) is 4.32. The van der Waals surface area contributed by atoms with Crippen molar-refractivity contribution in [3.8, 4) is 0 Å². The molecule has 0 unspecified atom stereocenters. The lowest BCUT2D eigenvalue weighted by Crippen LogP contribution is -2.45. The largest absolute Gasteiger partial charge is 0.478 e. The number of carbonyl (C=O) groups excluding carboxylic acids is 2. The Labute approximate surface area is 130 Å². The van der Waals surface area contributed by atoms with Crippen molar-refractivity contribution < 1.29 is 24.2 Å². The highest BCUT2D eigenvalue weighted by molar-refractivity contribution is 6.41. The van der Waals surface area contributed by atoms with Gasteiger partial charge in [0, 0.05) is 6.54 Å². The van der Waals surface area contributed by atoms with Crippen LogP contribution in [-0.2, 0) is 20.9 Å². The molecule has 0 fully saturated rings. The number of hydrogen-bond donors (Lipinski definition) is 4. The molecular formula is C13H13N5O5. The second kappa shape index (κ2) is 7.02. The maximum atomic E-state index is 11.9. The standard InChI is InChI=1S/C13H13N5O5/c1-23-13(22)10-17-15-9(16-18-10)11(19)14-6-7-2-4-8(5-3-7)12(20)21/h2-5H,6H2,1H3,(H,14,19)(H,15,16)(H,17,18)(H,20,21). The molecule has 10 heteroatoms. The van der Waals surface area contributed by atoms with Gasteiger partial charge in [0.05, 0.1) is 12.7 Å². The Bertz CT molecular complexity index is 695. The van der Waals surface area contributed by atoms with E-state index in [-0.39, 0.29) is 23.8 Å². The van der Waals surface area contributed by atoms with Gasteiger partial charge in [-0.05, 0) is 17.7 Å². The first-order valence-corrected chi connectivity index (χ1v) is 6.37. The highest BCUT2D eigenvalue weighted by atomic mass is 16.5. The van der Waals surface area contributed by atoms with E-state index < -0.39 is 17.8 Å². The molecule has 23 heavy (non-hydrogen) atoms. The molecule has 10 nitrogen and oxygen atoms in total. The lowest BCUT2D eigenvalue weighted by atomic mass is 10.1. The van der Waals surface area contributed by atoms with Crippen LogP contribution < -0.4 is 16.2 Å². The maximum Gasteiger partial charge on any atom is 0.377 e. The molecule has 0 saturated heterocycles. The average molecular weight is 319 g/mol. The minimum atomic E-state index is -1.02. The number of hydrazone groups is 2. The number of esters is 1. The molecule has 0 aliphatic carbocycles. The summed E-state index contributed by atoms with van der Waals surface area (Å²) in [7, 11) is 1.19. The van der Waals surface area contributed by atoms with Crippen molar-refractivity contribution in [3.63, 3.8) is 0 Å². The molecular weight excluding hydrogens is 306 g/mol. The van der Waals surface area contributed by atoms with Gasteiger partial charge >= 0.3 is 11.9 Å². The fourth-order valence-electron chi connectivity index (χ4n) is 1.59. The monoisotopic (exact) mass is 319 g/mol. The SMILES string of the molecule is COC(=O)C1=NNC(C(=O)NCc2ccc(C(=O)O)cc2)=NN1. The van der Waals surface area contributed by atoms with E-state index in [0.717, 1.165) is 0 Å². The molecule has 1 amide bonds. The van der Waals surface area contributed by atoms with Crippen LogP contribution in [0.3, 0.4) is 0 Å². The molecule has 0 aromatic heterocycles. The number of amides is 1. The van der Waals surface area contributed by atoms with E-state index in [1.807, 2.05) is 0 Å². The lowest BCUT2D eigenvalue weighted by molar-refractivity contribution is -0.133. The quantitative estimate of drug-likeness (QED) is 0.510. The van der Waals surface area contributed by atoms with Gasteiger partial charge in [-0.3, -0.25) is 15.6 Å². The highest BCUT2D eigenvalue weighted by Crippen LogP contribution is 2.04. The molecule has 1 aromatic rings. The number of carboxylic acid groups (broad SMARTS) is 1. The van der Waals surface area contributed by atoms with E-state index in [9.17, 15) is 14.4 Å². The molecule has 1 aliphatic heterocycles. The first-order valence-electron chi connectivity index (χ1n) is 6.37. The van der Waals surface area contributed by atoms with Gasteiger partial charge < -0.3 is 15.2 Å². The van der Waals surface area contributed by atoms with Crippen LogP contribution in [-0.4, -0.2) is 41.7 Å². The van der Waals surface area contributed by atoms with Crippen LogP contribution in [0.2, 0.25) is 0 Å². The van der Waals surface area contributed by atoms with Crippen molar-refractivity contribution >= 4 is 29.5 Å². The average Bonchev–Trinajstić information content (AvgIpc) is 2.59. The summed E-state index contributed by atoms with van der Waals surface area (Å²) in [6.07, 6.45) is 0. The molecule has 1 aromatic carbocycles. The normalized spacial score (nSPS) is 12.9. The predicted octanol–water partition coefficient (Wildman–Crippen LogP) is -1.01. The number of nitrogens with zero attached hydrogens (tertiary/aromatic N) is 2. The van der Waals surface area contributed by atoms with Crippen molar-refractivity contribution in [2.45, 2.75) is 6.54 Å². The molecule has 1 heterocycles. The van der Waals surface area contributed by atoms with Crippen LogP contribution in [0.4, 0.5) is 0 Å². The van der Waals surface area contributed by atoms with E-state index in [1.165, 1.54) is 19.2 Å². The number of carboxylic acids is 1. The number of methoxy groups -OCH3 is 1. The minimum absolute atomic E-state index is 0.125. The first kappa shape index (κ1) is 15.9. The third-order valence-electron chi connectivity index (χ3n) is 2.79. The summed E-state index contributed by atoms with van der Waals surface area (Å²) in [5.41, 5.74) is 5.50. The zero-order valence-electron chi connectivity index (χ0n) is 12.0. The van der Waals surface area contributed by atoms with Crippen LogP contribution in [0.15, 0.2) is 34.5 Å². The van der Waals surface area contributed by atoms with Crippen LogP contribution in [0.1, 0.15) is 15.9 Å². The van der Waals surface area contributed by atoms with Crippen molar-refractivity contribution in [3.05, 3.63) is 35.4 Å². The van der Waals surface area contributed by atoms with Gasteiger partial charge in [-0.1, -0.05) is 12.1 Å². The molecule has 2 rings (SSSR count). The van der Waals surface area contributed by atoms with Crippen molar-refractivity contribution in [2.24, 2.45) is 10.2 Å². The summed E-state index contributed by atoms with van der Waals surface area (Å²) in [5.74, 6) is -2.59. The van der Waals surface area contributed by atoms with Gasteiger partial charge in [0.1, 0.15) is 0 Å². The zero-order chi connectivity index (χ0) is 16.8. The Hall–Kier alpha value is -3.43. The Morgan fingerprint density at radius 2 is 1.74 bits per heavy atom. The number of rotatable bonds is 5. The van der Waals surface area contributed by atoms with E-state index >= 15 is 0 Å². The number of nitrogens with one attached hydrogen (secondary N) is 3. The molecule has 1 aliphatic rings. The van der Waals surface area contributed by atoms with Gasteiger partial charge in [0.25, 0.3) is 11.7 Å². The van der Waals surface area contributed by atoms with Crippen LogP contribution in [0.25, 0.3) is 0 Å². The van der Waals surface area contributed by atoms with E-state index in [2.05, 4.69) is 31.1 Å². The molecule has 0 radical (unpaired) electrons. The highest BCUT2D eigenvalue weighted by Gasteiger charge is 2.19. The number of benzene rings is 1. The van der Waals surface area contributed by atoms with Crippen molar-refractivity contribution in [2.75, 3.05) is 7.11 Å². The smallest absolute Gasteiger partial charge is 0.377 e. The topological polar surface area (TPSA) is 141 Å². The molecule has 0 bridgehead atoms. The van der Waals surface area contributed by atoms with Crippen LogP contribution in [0, 0.1) is 0 Å². The predicted molar refractivity (Wildman–Crippen MR) is 78.4 cm³/mol. The number of carbonyl (C=O) groups is 3. The number of amidine groups is 2. The van der Waals surface area contributed by atoms with Crippen molar-refractivity contribution in [1.82, 2.24) is 16.2 Å². The Kier molecular flexibility index (Phi) is 4.87. The molecule has 0 atom stereocenters. The van der Waals surface area contributed by atoms with Crippen LogP contribution in [0.5, 0.6) is 0 Å². The summed E-state index contributed by atoms with van der Waals surface area (Å²) >= 11 is 0. The molecule has 120 valence electrons. The number of aromatic carboxylic acids is 1. The second-order valence-corrected chi connectivity index (χ2v) is 4.32. The fraction of sp³-hybridized carbons (Fsp3) is 0.154. The Morgan fingerprint density at radius 1 is 1.13 bits per heavy atom. The van der Waals surface area contributed by atoms with E-state index in [4.69, 9.17) is 5.11 Å². The summed E-state index contributed by atoms with van der Waals surface area (Å²) in [5, 5.41) is 18.6. The number of ether oxygens (including phenoxy) is 1.